The number of para-hydroxylation sites is 1. The van der Waals surface area contributed by atoms with Crippen LogP contribution in [0.4, 0.5) is 5.69 Å². The number of hydrogen-bond donors (Lipinski definition) is 1. The normalized spacial score (nSPS) is 10.6. The molecule has 0 aromatic heterocycles. The maximum Gasteiger partial charge on any atom is 0.197 e. The molecule has 0 saturated carbocycles. The summed E-state index contributed by atoms with van der Waals surface area (Å²) in [5, 5.41) is 4.40. The predicted molar refractivity (Wildman–Crippen MR) is 70.4 cm³/mol. The van der Waals surface area contributed by atoms with Crippen molar-refractivity contribution in [3.63, 3.8) is 0 Å². The van der Waals surface area contributed by atoms with Crippen molar-refractivity contribution in [3.05, 3.63) is 30.3 Å². The molecule has 0 amide bonds. The quantitative estimate of drug-likeness (QED) is 0.292. The van der Waals surface area contributed by atoms with Gasteiger partial charge in [0, 0.05) is 25.3 Å². The standard InChI is InChI=1S/C11H20N2O3Si/c12-7-9-13(8-4-10-14-15-16-17)11-5-2-1-3-6-11/h1-3,5-6H,4,7-10,12H2,17H3. The molecule has 0 aliphatic heterocycles. The van der Waals surface area contributed by atoms with Crippen LogP contribution < -0.4 is 10.6 Å². The number of nitrogens with two attached hydrogens (primary N) is 1. The highest BCUT2D eigenvalue weighted by Crippen LogP contribution is 2.12. The zero-order valence-electron chi connectivity index (χ0n) is 10.2. The van der Waals surface area contributed by atoms with Crippen molar-refractivity contribution in [1.82, 2.24) is 0 Å². The van der Waals surface area contributed by atoms with Crippen molar-refractivity contribution < 1.29 is 14.5 Å². The number of anilines is 1. The van der Waals surface area contributed by atoms with Crippen molar-refractivity contribution in [2.24, 2.45) is 5.73 Å². The third kappa shape index (κ3) is 5.80. The van der Waals surface area contributed by atoms with Gasteiger partial charge in [0.1, 0.15) is 0 Å². The minimum absolute atomic E-state index is 0.510. The molecule has 0 radical (unpaired) electrons. The summed E-state index contributed by atoms with van der Waals surface area (Å²) in [6, 6.07) is 10.2. The minimum Gasteiger partial charge on any atom is -0.370 e. The molecule has 0 bridgehead atoms. The molecule has 0 aliphatic rings. The molecule has 6 heteroatoms. The molecule has 0 atom stereocenters. The lowest BCUT2D eigenvalue weighted by molar-refractivity contribution is -0.466. The van der Waals surface area contributed by atoms with Crippen molar-refractivity contribution in [1.29, 1.82) is 0 Å². The van der Waals surface area contributed by atoms with Crippen molar-refractivity contribution in [2.45, 2.75) is 6.42 Å². The molecule has 0 fully saturated rings. The Morgan fingerprint density at radius 1 is 1.18 bits per heavy atom. The Morgan fingerprint density at radius 3 is 2.59 bits per heavy atom. The van der Waals surface area contributed by atoms with E-state index in [2.05, 4.69) is 26.6 Å². The summed E-state index contributed by atoms with van der Waals surface area (Å²) in [6.07, 6.45) is 0.861. The molecule has 0 aliphatic carbocycles. The van der Waals surface area contributed by atoms with E-state index in [1.54, 1.807) is 0 Å². The van der Waals surface area contributed by atoms with Gasteiger partial charge >= 0.3 is 0 Å². The van der Waals surface area contributed by atoms with Gasteiger partial charge in [-0.2, -0.15) is 0 Å². The number of hydrogen-bond acceptors (Lipinski definition) is 5. The summed E-state index contributed by atoms with van der Waals surface area (Å²) < 4.78 is 4.46. The maximum absolute atomic E-state index is 5.61. The molecule has 17 heavy (non-hydrogen) atoms. The molecule has 1 aromatic carbocycles. The van der Waals surface area contributed by atoms with E-state index in [0.717, 1.165) is 19.5 Å². The SMILES string of the molecule is NCCN(CCCOOO[SiH3])c1ccccc1. The Hall–Kier alpha value is -0.923. The van der Waals surface area contributed by atoms with Crippen LogP contribution in [0.25, 0.3) is 0 Å². The lowest BCUT2D eigenvalue weighted by Gasteiger charge is -2.23. The highest BCUT2D eigenvalue weighted by Gasteiger charge is 2.04. The van der Waals surface area contributed by atoms with Gasteiger partial charge in [0.05, 0.1) is 6.61 Å². The van der Waals surface area contributed by atoms with E-state index in [1.807, 2.05) is 18.2 Å². The average Bonchev–Trinajstić information content (AvgIpc) is 2.38. The summed E-state index contributed by atoms with van der Waals surface area (Å²) in [5.74, 6) is 0. The van der Waals surface area contributed by atoms with Crippen LogP contribution in [0, 0.1) is 0 Å². The number of benzene rings is 1. The van der Waals surface area contributed by atoms with Crippen molar-refractivity contribution in [3.8, 4) is 0 Å². The lowest BCUT2D eigenvalue weighted by Crippen LogP contribution is -2.30. The van der Waals surface area contributed by atoms with E-state index < -0.39 is 0 Å². The van der Waals surface area contributed by atoms with Gasteiger partial charge in [-0.25, -0.2) is 4.89 Å². The summed E-state index contributed by atoms with van der Waals surface area (Å²) in [7, 11) is 0.511. The van der Waals surface area contributed by atoms with Gasteiger partial charge < -0.3 is 10.6 Å². The molecule has 0 unspecified atom stereocenters. The van der Waals surface area contributed by atoms with Gasteiger partial charge in [-0.15, -0.1) is 0 Å². The molecular formula is C11H20N2O3Si. The molecule has 0 heterocycles. The van der Waals surface area contributed by atoms with Crippen LogP contribution in [0.2, 0.25) is 0 Å². The van der Waals surface area contributed by atoms with Crippen LogP contribution in [0.15, 0.2) is 30.3 Å². The van der Waals surface area contributed by atoms with Crippen LogP contribution in [-0.4, -0.2) is 36.7 Å². The molecular weight excluding hydrogens is 236 g/mol. The van der Waals surface area contributed by atoms with Gasteiger partial charge in [-0.3, -0.25) is 4.58 Å². The molecule has 0 spiro atoms. The molecule has 96 valence electrons. The summed E-state index contributed by atoms with van der Waals surface area (Å²) >= 11 is 0. The lowest BCUT2D eigenvalue weighted by atomic mass is 10.2. The highest BCUT2D eigenvalue weighted by molar-refractivity contribution is 5.97. The Bertz CT molecular complexity index is 287. The van der Waals surface area contributed by atoms with Crippen LogP contribution >= 0.6 is 0 Å². The molecule has 1 aromatic rings. The summed E-state index contributed by atoms with van der Waals surface area (Å²) in [6.45, 7) is 2.86. The van der Waals surface area contributed by atoms with Crippen LogP contribution in [0.3, 0.4) is 0 Å². The average molecular weight is 256 g/mol. The van der Waals surface area contributed by atoms with Gasteiger partial charge in [0.2, 0.25) is 0 Å². The van der Waals surface area contributed by atoms with E-state index in [4.69, 9.17) is 10.6 Å². The second-order valence-electron chi connectivity index (χ2n) is 3.52. The van der Waals surface area contributed by atoms with Gasteiger partial charge in [-0.1, -0.05) is 23.2 Å². The Morgan fingerprint density at radius 2 is 1.94 bits per heavy atom. The van der Waals surface area contributed by atoms with E-state index in [1.165, 1.54) is 5.69 Å². The topological polar surface area (TPSA) is 57.0 Å². The first-order valence-corrected chi connectivity index (χ1v) is 6.52. The van der Waals surface area contributed by atoms with E-state index in [0.29, 0.717) is 23.6 Å². The first-order valence-electron chi connectivity index (χ1n) is 5.71. The fraction of sp³-hybridized carbons (Fsp3) is 0.455. The van der Waals surface area contributed by atoms with Crippen molar-refractivity contribution >= 4 is 16.2 Å². The first kappa shape index (κ1) is 14.1. The van der Waals surface area contributed by atoms with E-state index in [9.17, 15) is 0 Å². The van der Waals surface area contributed by atoms with Gasteiger partial charge in [0.25, 0.3) is 0 Å². The third-order valence-corrected chi connectivity index (χ3v) is 2.43. The monoisotopic (exact) mass is 256 g/mol. The second kappa shape index (κ2) is 9.14. The Kier molecular flexibility index (Phi) is 7.60. The van der Waals surface area contributed by atoms with Crippen molar-refractivity contribution in [2.75, 3.05) is 31.1 Å². The third-order valence-electron chi connectivity index (χ3n) is 2.29. The number of rotatable bonds is 9. The Labute approximate surface area is 105 Å². The van der Waals surface area contributed by atoms with Crippen LogP contribution in [0.1, 0.15) is 6.42 Å². The second-order valence-corrected chi connectivity index (χ2v) is 3.85. The fourth-order valence-electron chi connectivity index (χ4n) is 1.56. The van der Waals surface area contributed by atoms with Crippen LogP contribution in [0.5, 0.6) is 0 Å². The predicted octanol–water partition coefficient (Wildman–Crippen LogP) is 0.00200. The summed E-state index contributed by atoms with van der Waals surface area (Å²) in [4.78, 5) is 7.03. The zero-order valence-corrected chi connectivity index (χ0v) is 12.2. The maximum atomic E-state index is 5.61. The van der Waals surface area contributed by atoms with Crippen LogP contribution in [-0.2, 0) is 14.5 Å². The summed E-state index contributed by atoms with van der Waals surface area (Å²) in [5.41, 5.74) is 6.78. The smallest absolute Gasteiger partial charge is 0.197 e. The zero-order chi connectivity index (χ0) is 12.3. The number of nitrogens with zero attached hydrogens (tertiary/aromatic N) is 1. The van der Waals surface area contributed by atoms with Gasteiger partial charge in [0.15, 0.2) is 10.5 Å². The van der Waals surface area contributed by atoms with E-state index in [-0.39, 0.29) is 0 Å². The molecule has 2 N–H and O–H groups in total. The first-order chi connectivity index (χ1) is 8.38. The molecule has 1 rings (SSSR count). The Balaban J connectivity index is 2.33. The highest BCUT2D eigenvalue weighted by atomic mass is 28.2. The largest absolute Gasteiger partial charge is 0.370 e. The van der Waals surface area contributed by atoms with Gasteiger partial charge in [-0.05, 0) is 18.6 Å². The fourth-order valence-corrected chi connectivity index (χ4v) is 1.66. The molecule has 0 saturated heterocycles. The van der Waals surface area contributed by atoms with E-state index >= 15 is 0 Å². The molecule has 5 nitrogen and oxygen atoms in total. The minimum atomic E-state index is 0.510.